The quantitative estimate of drug-likeness (QED) is 0.691. The van der Waals surface area contributed by atoms with Crippen LogP contribution in [0.15, 0.2) is 36.4 Å². The van der Waals surface area contributed by atoms with Gasteiger partial charge in [0.15, 0.2) is 0 Å². The molecule has 8 nitrogen and oxygen atoms in total. The van der Waals surface area contributed by atoms with Crippen LogP contribution in [0.1, 0.15) is 44.7 Å². The van der Waals surface area contributed by atoms with Crippen molar-refractivity contribution in [2.45, 2.75) is 32.0 Å². The smallest absolute Gasteiger partial charge is 0.255 e. The van der Waals surface area contributed by atoms with Gasteiger partial charge in [0.1, 0.15) is 11.9 Å². The zero-order valence-electron chi connectivity index (χ0n) is 17.8. The van der Waals surface area contributed by atoms with Crippen LogP contribution < -0.4 is 15.5 Å². The molecule has 2 aliphatic rings. The number of carbonyl (C=O) groups is 4. The summed E-state index contributed by atoms with van der Waals surface area (Å²) >= 11 is 0. The molecule has 1 unspecified atom stereocenters. The first-order valence-corrected chi connectivity index (χ1v) is 10.3. The molecule has 4 amide bonds. The van der Waals surface area contributed by atoms with Crippen LogP contribution in [0.25, 0.3) is 0 Å². The minimum atomic E-state index is -0.805. The summed E-state index contributed by atoms with van der Waals surface area (Å²) in [5.74, 6) is -2.28. The molecule has 166 valence electrons. The predicted molar refractivity (Wildman–Crippen MR) is 114 cm³/mol. The van der Waals surface area contributed by atoms with Crippen molar-refractivity contribution in [3.8, 4) is 0 Å². The topological polar surface area (TPSA) is 98.8 Å². The summed E-state index contributed by atoms with van der Waals surface area (Å²) in [4.78, 5) is 51.9. The summed E-state index contributed by atoms with van der Waals surface area (Å²) in [6.07, 6.45) is 0.341. The summed E-state index contributed by atoms with van der Waals surface area (Å²) in [6, 6.07) is 9.20. The first-order valence-electron chi connectivity index (χ1n) is 10.3. The third-order valence-electron chi connectivity index (χ3n) is 5.81. The van der Waals surface area contributed by atoms with Gasteiger partial charge in [-0.05, 0) is 36.8 Å². The molecular formula is C23H23FN4O4. The number of benzene rings is 2. The zero-order valence-corrected chi connectivity index (χ0v) is 17.8. The molecule has 32 heavy (non-hydrogen) atoms. The van der Waals surface area contributed by atoms with Crippen molar-refractivity contribution in [3.05, 3.63) is 64.5 Å². The second-order valence-electron chi connectivity index (χ2n) is 8.09. The summed E-state index contributed by atoms with van der Waals surface area (Å²) < 4.78 is 15.2. The van der Waals surface area contributed by atoms with Crippen molar-refractivity contribution >= 4 is 29.3 Å². The lowest BCUT2D eigenvalue weighted by molar-refractivity contribution is -0.136. The number of rotatable bonds is 5. The molecule has 9 heteroatoms. The zero-order chi connectivity index (χ0) is 23.0. The van der Waals surface area contributed by atoms with E-state index in [0.717, 1.165) is 5.69 Å². The number of imide groups is 1. The number of amides is 4. The molecule has 0 spiro atoms. The fourth-order valence-electron chi connectivity index (χ4n) is 3.98. The van der Waals surface area contributed by atoms with E-state index < -0.39 is 23.7 Å². The molecule has 0 bridgehead atoms. The van der Waals surface area contributed by atoms with E-state index in [0.29, 0.717) is 5.56 Å². The molecule has 2 aromatic rings. The van der Waals surface area contributed by atoms with E-state index >= 15 is 4.39 Å². The van der Waals surface area contributed by atoms with Gasteiger partial charge in [0, 0.05) is 55.0 Å². The van der Waals surface area contributed by atoms with Crippen molar-refractivity contribution in [2.75, 3.05) is 19.0 Å². The minimum Gasteiger partial charge on any atom is -0.378 e. The van der Waals surface area contributed by atoms with Crippen molar-refractivity contribution in [1.29, 1.82) is 0 Å². The van der Waals surface area contributed by atoms with Crippen LogP contribution in [0, 0.1) is 5.82 Å². The Labute approximate surface area is 184 Å². The lowest BCUT2D eigenvalue weighted by atomic mass is 10.0. The number of piperidine rings is 1. The number of fused-ring (bicyclic) bond motifs is 1. The molecule has 4 rings (SSSR count). The first-order chi connectivity index (χ1) is 15.3. The molecule has 0 aromatic heterocycles. The molecule has 2 aromatic carbocycles. The first kappa shape index (κ1) is 21.5. The van der Waals surface area contributed by atoms with Crippen LogP contribution in [0.4, 0.5) is 10.1 Å². The van der Waals surface area contributed by atoms with E-state index in [-0.39, 0.29) is 54.4 Å². The maximum absolute atomic E-state index is 15.2. The number of anilines is 1. The number of hydrogen-bond acceptors (Lipinski definition) is 5. The summed E-state index contributed by atoms with van der Waals surface area (Å²) in [5.41, 5.74) is 2.05. The molecule has 1 saturated heterocycles. The number of halogens is 1. The lowest BCUT2D eigenvalue weighted by Gasteiger charge is -2.29. The highest BCUT2D eigenvalue weighted by Gasteiger charge is 2.40. The molecule has 0 aliphatic carbocycles. The Morgan fingerprint density at radius 1 is 1.16 bits per heavy atom. The van der Waals surface area contributed by atoms with Gasteiger partial charge in [-0.3, -0.25) is 24.5 Å². The predicted octanol–water partition coefficient (Wildman–Crippen LogP) is 1.58. The van der Waals surface area contributed by atoms with Gasteiger partial charge in [-0.15, -0.1) is 0 Å². The maximum atomic E-state index is 15.2. The molecule has 1 atom stereocenters. The van der Waals surface area contributed by atoms with Crippen LogP contribution in [0.2, 0.25) is 0 Å². The molecule has 0 radical (unpaired) electrons. The molecule has 2 aliphatic heterocycles. The van der Waals surface area contributed by atoms with E-state index in [1.807, 2.05) is 31.1 Å². The van der Waals surface area contributed by atoms with Crippen LogP contribution in [0.3, 0.4) is 0 Å². The van der Waals surface area contributed by atoms with Gasteiger partial charge in [-0.25, -0.2) is 4.39 Å². The van der Waals surface area contributed by atoms with Gasteiger partial charge in [-0.1, -0.05) is 6.07 Å². The Bertz CT molecular complexity index is 1110. The van der Waals surface area contributed by atoms with Crippen molar-refractivity contribution in [1.82, 2.24) is 15.5 Å². The standard InChI is InChI=1S/C23H23FN4O4/c1-27(2)15-6-3-13(4-7-15)21(30)25-11-14-5-8-16-17(20(14)24)12-28(23(16)32)18-9-10-19(29)26-22(18)31/h3-8,18H,9-12H2,1-2H3,(H,25,30)(H,26,29,31). The monoisotopic (exact) mass is 438 g/mol. The van der Waals surface area contributed by atoms with E-state index in [1.54, 1.807) is 12.1 Å². The third-order valence-corrected chi connectivity index (χ3v) is 5.81. The van der Waals surface area contributed by atoms with Crippen molar-refractivity contribution < 1.29 is 23.6 Å². The summed E-state index contributed by atoms with van der Waals surface area (Å²) in [7, 11) is 3.80. The number of hydrogen-bond donors (Lipinski definition) is 2. The highest BCUT2D eigenvalue weighted by atomic mass is 19.1. The van der Waals surface area contributed by atoms with Gasteiger partial charge in [0.2, 0.25) is 11.8 Å². The van der Waals surface area contributed by atoms with Gasteiger partial charge in [-0.2, -0.15) is 0 Å². The Kier molecular flexibility index (Phi) is 5.65. The fraction of sp³-hybridized carbons (Fsp3) is 0.304. The van der Waals surface area contributed by atoms with E-state index in [9.17, 15) is 19.2 Å². The number of nitrogens with one attached hydrogen (secondary N) is 2. The summed E-state index contributed by atoms with van der Waals surface area (Å²) in [5, 5.41) is 4.92. The Morgan fingerprint density at radius 3 is 2.53 bits per heavy atom. The molecule has 2 heterocycles. The van der Waals surface area contributed by atoms with Gasteiger partial charge >= 0.3 is 0 Å². The van der Waals surface area contributed by atoms with Crippen LogP contribution in [-0.2, 0) is 22.7 Å². The average Bonchev–Trinajstić information content (AvgIpc) is 3.10. The second kappa shape index (κ2) is 8.41. The molecule has 1 fully saturated rings. The van der Waals surface area contributed by atoms with Crippen LogP contribution in [-0.4, -0.2) is 48.7 Å². The SMILES string of the molecule is CN(C)c1ccc(C(=O)NCc2ccc3c(c2F)CN(C2CCC(=O)NC2=O)C3=O)cc1. The van der Waals surface area contributed by atoms with Crippen molar-refractivity contribution in [2.24, 2.45) is 0 Å². The van der Waals surface area contributed by atoms with E-state index in [2.05, 4.69) is 10.6 Å². The Hall–Kier alpha value is -3.75. The second-order valence-corrected chi connectivity index (χ2v) is 8.09. The normalized spacial score (nSPS) is 17.8. The maximum Gasteiger partial charge on any atom is 0.255 e. The lowest BCUT2D eigenvalue weighted by Crippen LogP contribution is -2.52. The molecular weight excluding hydrogens is 415 g/mol. The Morgan fingerprint density at radius 2 is 1.88 bits per heavy atom. The third kappa shape index (κ3) is 3.93. The van der Waals surface area contributed by atoms with Crippen LogP contribution >= 0.6 is 0 Å². The fourth-order valence-corrected chi connectivity index (χ4v) is 3.98. The van der Waals surface area contributed by atoms with Crippen LogP contribution in [0.5, 0.6) is 0 Å². The van der Waals surface area contributed by atoms with E-state index in [1.165, 1.54) is 17.0 Å². The average molecular weight is 438 g/mol. The van der Waals surface area contributed by atoms with Crippen molar-refractivity contribution in [3.63, 3.8) is 0 Å². The number of nitrogens with zero attached hydrogens (tertiary/aromatic N) is 2. The largest absolute Gasteiger partial charge is 0.378 e. The highest BCUT2D eigenvalue weighted by molar-refractivity contribution is 6.05. The highest BCUT2D eigenvalue weighted by Crippen LogP contribution is 2.30. The van der Waals surface area contributed by atoms with E-state index in [4.69, 9.17) is 0 Å². The molecule has 0 saturated carbocycles. The summed E-state index contributed by atoms with van der Waals surface area (Å²) in [6.45, 7) is -0.0972. The molecule has 2 N–H and O–H groups in total. The van der Waals surface area contributed by atoms with Gasteiger partial charge in [0.05, 0.1) is 6.54 Å². The van der Waals surface area contributed by atoms with Gasteiger partial charge < -0.3 is 15.1 Å². The number of carbonyl (C=O) groups excluding carboxylic acids is 4. The minimum absolute atomic E-state index is 0.0417. The Balaban J connectivity index is 1.46. The van der Waals surface area contributed by atoms with Gasteiger partial charge in [0.25, 0.3) is 11.8 Å².